The fourth-order valence-corrected chi connectivity index (χ4v) is 2.33. The number of nitrogens with one attached hydrogen (secondary N) is 1. The Morgan fingerprint density at radius 3 is 2.88 bits per heavy atom. The fourth-order valence-electron chi connectivity index (χ4n) is 2.33. The number of nitrogens with zero attached hydrogens (tertiary/aromatic N) is 1. The molecule has 16 heavy (non-hydrogen) atoms. The van der Waals surface area contributed by atoms with Gasteiger partial charge in [-0.3, -0.25) is 9.69 Å². The number of esters is 1. The van der Waals surface area contributed by atoms with Gasteiger partial charge in [-0.15, -0.1) is 0 Å². The van der Waals surface area contributed by atoms with Crippen molar-refractivity contribution in [2.75, 3.05) is 39.8 Å². The SMILES string of the molecule is CCNC1CC(C(=O)OC)CN(CCN)C1. The van der Waals surface area contributed by atoms with Crippen LogP contribution in [0.5, 0.6) is 0 Å². The van der Waals surface area contributed by atoms with Crippen LogP contribution in [0.2, 0.25) is 0 Å². The molecule has 1 heterocycles. The molecule has 1 rings (SSSR count). The quantitative estimate of drug-likeness (QED) is 0.617. The van der Waals surface area contributed by atoms with Crippen LogP contribution in [0, 0.1) is 5.92 Å². The molecule has 1 aliphatic heterocycles. The number of nitrogens with two attached hydrogens (primary N) is 1. The highest BCUT2D eigenvalue weighted by Gasteiger charge is 2.31. The Kier molecular flexibility index (Phi) is 5.73. The van der Waals surface area contributed by atoms with Crippen LogP contribution in [0.3, 0.4) is 0 Å². The number of likely N-dealkylation sites (N-methyl/N-ethyl adjacent to an activating group) is 1. The summed E-state index contributed by atoms with van der Waals surface area (Å²) in [5, 5.41) is 3.39. The Morgan fingerprint density at radius 1 is 1.56 bits per heavy atom. The van der Waals surface area contributed by atoms with Gasteiger partial charge in [0.1, 0.15) is 0 Å². The Hall–Kier alpha value is -0.650. The Morgan fingerprint density at radius 2 is 2.31 bits per heavy atom. The highest BCUT2D eigenvalue weighted by atomic mass is 16.5. The summed E-state index contributed by atoms with van der Waals surface area (Å²) in [5.41, 5.74) is 5.55. The van der Waals surface area contributed by atoms with E-state index in [2.05, 4.69) is 17.1 Å². The van der Waals surface area contributed by atoms with Crippen molar-refractivity contribution in [2.45, 2.75) is 19.4 Å². The van der Waals surface area contributed by atoms with Gasteiger partial charge in [-0.1, -0.05) is 6.92 Å². The van der Waals surface area contributed by atoms with Crippen LogP contribution in [-0.4, -0.2) is 56.7 Å². The van der Waals surface area contributed by atoms with Gasteiger partial charge in [0.15, 0.2) is 0 Å². The second-order valence-corrected chi connectivity index (χ2v) is 4.26. The molecular weight excluding hydrogens is 206 g/mol. The second-order valence-electron chi connectivity index (χ2n) is 4.26. The topological polar surface area (TPSA) is 67.6 Å². The van der Waals surface area contributed by atoms with E-state index in [1.807, 2.05) is 0 Å². The molecule has 0 aromatic heterocycles. The van der Waals surface area contributed by atoms with Gasteiger partial charge in [-0.2, -0.15) is 0 Å². The molecule has 1 fully saturated rings. The first-order valence-electron chi connectivity index (χ1n) is 5.94. The van der Waals surface area contributed by atoms with Crippen LogP contribution in [-0.2, 0) is 9.53 Å². The van der Waals surface area contributed by atoms with Gasteiger partial charge in [0.05, 0.1) is 13.0 Å². The zero-order valence-electron chi connectivity index (χ0n) is 10.2. The molecule has 3 N–H and O–H groups in total. The molecule has 1 aliphatic rings. The van der Waals surface area contributed by atoms with Crippen LogP contribution in [0.4, 0.5) is 0 Å². The van der Waals surface area contributed by atoms with E-state index in [-0.39, 0.29) is 11.9 Å². The van der Waals surface area contributed by atoms with E-state index < -0.39 is 0 Å². The molecule has 2 unspecified atom stereocenters. The second kappa shape index (κ2) is 6.83. The number of carbonyl (C=O) groups excluding carboxylic acids is 1. The minimum Gasteiger partial charge on any atom is -0.469 e. The van der Waals surface area contributed by atoms with Gasteiger partial charge in [0.2, 0.25) is 0 Å². The monoisotopic (exact) mass is 229 g/mol. The maximum Gasteiger partial charge on any atom is 0.310 e. The molecule has 1 saturated heterocycles. The summed E-state index contributed by atoms with van der Waals surface area (Å²) in [6.45, 7) is 6.22. The average molecular weight is 229 g/mol. The van der Waals surface area contributed by atoms with Crippen LogP contribution in [0.15, 0.2) is 0 Å². The largest absolute Gasteiger partial charge is 0.469 e. The third-order valence-corrected chi connectivity index (χ3v) is 3.00. The Balaban J connectivity index is 2.54. The molecule has 0 amide bonds. The fraction of sp³-hybridized carbons (Fsp3) is 0.909. The number of carbonyl (C=O) groups is 1. The third kappa shape index (κ3) is 3.73. The first kappa shape index (κ1) is 13.4. The zero-order valence-corrected chi connectivity index (χ0v) is 10.2. The highest BCUT2D eigenvalue weighted by molar-refractivity contribution is 5.72. The summed E-state index contributed by atoms with van der Waals surface area (Å²) in [6.07, 6.45) is 0.863. The smallest absolute Gasteiger partial charge is 0.310 e. The van der Waals surface area contributed by atoms with Gasteiger partial charge < -0.3 is 15.8 Å². The van der Waals surface area contributed by atoms with E-state index in [0.717, 1.165) is 32.6 Å². The number of likely N-dealkylation sites (tertiary alicyclic amines) is 1. The van der Waals surface area contributed by atoms with Gasteiger partial charge in [0.25, 0.3) is 0 Å². The highest BCUT2D eigenvalue weighted by Crippen LogP contribution is 2.17. The van der Waals surface area contributed by atoms with E-state index in [1.54, 1.807) is 0 Å². The summed E-state index contributed by atoms with van der Waals surface area (Å²) in [7, 11) is 1.45. The van der Waals surface area contributed by atoms with Crippen molar-refractivity contribution in [1.82, 2.24) is 10.2 Å². The van der Waals surface area contributed by atoms with Gasteiger partial charge in [-0.25, -0.2) is 0 Å². The standard InChI is InChI=1S/C11H23N3O2/c1-3-13-10-6-9(11(15)16-2)7-14(8-10)5-4-12/h9-10,13H,3-8,12H2,1-2H3. The molecule has 0 bridgehead atoms. The number of ether oxygens (including phenoxy) is 1. The molecule has 0 aromatic carbocycles. The van der Waals surface area contributed by atoms with E-state index in [1.165, 1.54) is 7.11 Å². The molecule has 0 aromatic rings. The lowest BCUT2D eigenvalue weighted by molar-refractivity contribution is -0.147. The molecule has 0 saturated carbocycles. The molecule has 0 aliphatic carbocycles. The third-order valence-electron chi connectivity index (χ3n) is 3.00. The number of piperidine rings is 1. The van der Waals surface area contributed by atoms with Crippen molar-refractivity contribution >= 4 is 5.97 Å². The number of rotatable bonds is 5. The molecular formula is C11H23N3O2. The minimum absolute atomic E-state index is 0.0191. The zero-order chi connectivity index (χ0) is 12.0. The maximum atomic E-state index is 11.6. The van der Waals surface area contributed by atoms with E-state index in [0.29, 0.717) is 12.6 Å². The first-order valence-corrected chi connectivity index (χ1v) is 5.94. The first-order chi connectivity index (χ1) is 7.71. The molecule has 5 nitrogen and oxygen atoms in total. The van der Waals surface area contributed by atoms with Crippen molar-refractivity contribution < 1.29 is 9.53 Å². The van der Waals surface area contributed by atoms with Gasteiger partial charge in [0, 0.05) is 32.2 Å². The molecule has 5 heteroatoms. The Labute approximate surface area is 97.3 Å². The summed E-state index contributed by atoms with van der Waals surface area (Å²) < 4.78 is 4.82. The summed E-state index contributed by atoms with van der Waals surface area (Å²) in [5.74, 6) is -0.126. The number of hydrogen-bond acceptors (Lipinski definition) is 5. The lowest BCUT2D eigenvalue weighted by Gasteiger charge is -2.36. The van der Waals surface area contributed by atoms with Gasteiger partial charge >= 0.3 is 5.97 Å². The minimum atomic E-state index is -0.107. The maximum absolute atomic E-state index is 11.6. The molecule has 0 radical (unpaired) electrons. The summed E-state index contributed by atoms with van der Waals surface area (Å²) in [4.78, 5) is 13.8. The van der Waals surface area contributed by atoms with Crippen molar-refractivity contribution in [3.05, 3.63) is 0 Å². The van der Waals surface area contributed by atoms with Crippen LogP contribution >= 0.6 is 0 Å². The van der Waals surface area contributed by atoms with Gasteiger partial charge in [-0.05, 0) is 13.0 Å². The van der Waals surface area contributed by atoms with Crippen LogP contribution < -0.4 is 11.1 Å². The summed E-state index contributed by atoms with van der Waals surface area (Å²) in [6, 6.07) is 0.370. The number of methoxy groups -OCH3 is 1. The van der Waals surface area contributed by atoms with Crippen LogP contribution in [0.1, 0.15) is 13.3 Å². The predicted octanol–water partition coefficient (Wildman–Crippen LogP) is -0.582. The molecule has 2 atom stereocenters. The number of hydrogen-bond donors (Lipinski definition) is 2. The predicted molar refractivity (Wildman–Crippen MR) is 63.1 cm³/mol. The van der Waals surface area contributed by atoms with Crippen molar-refractivity contribution in [1.29, 1.82) is 0 Å². The van der Waals surface area contributed by atoms with Crippen molar-refractivity contribution in [3.63, 3.8) is 0 Å². The Bertz CT molecular complexity index is 209. The molecule has 94 valence electrons. The average Bonchev–Trinajstić information content (AvgIpc) is 2.28. The lowest BCUT2D eigenvalue weighted by atomic mass is 9.94. The normalized spacial score (nSPS) is 26.7. The van der Waals surface area contributed by atoms with Crippen LogP contribution in [0.25, 0.3) is 0 Å². The summed E-state index contributed by atoms with van der Waals surface area (Å²) >= 11 is 0. The van der Waals surface area contributed by atoms with E-state index in [9.17, 15) is 4.79 Å². The van der Waals surface area contributed by atoms with Crippen molar-refractivity contribution in [3.8, 4) is 0 Å². The molecule has 0 spiro atoms. The van der Waals surface area contributed by atoms with Crippen molar-refractivity contribution in [2.24, 2.45) is 11.7 Å². The lowest BCUT2D eigenvalue weighted by Crippen LogP contribution is -2.52. The van der Waals surface area contributed by atoms with E-state index >= 15 is 0 Å². The van der Waals surface area contributed by atoms with E-state index in [4.69, 9.17) is 10.5 Å².